The number of aryl methyl sites for hydroxylation is 1. The topological polar surface area (TPSA) is 109 Å². The minimum Gasteiger partial charge on any atom is -0.382 e. The summed E-state index contributed by atoms with van der Waals surface area (Å²) in [5.41, 5.74) is 9.35. The fourth-order valence-corrected chi connectivity index (χ4v) is 3.82. The number of hydrogen-bond donors (Lipinski definition) is 3. The highest BCUT2D eigenvalue weighted by Crippen LogP contribution is 2.47. The monoisotopic (exact) mass is 414 g/mol. The van der Waals surface area contributed by atoms with Crippen LogP contribution in [0.2, 0.25) is 0 Å². The number of nitrogens with one attached hydrogen (secondary N) is 2. The van der Waals surface area contributed by atoms with Gasteiger partial charge in [0.15, 0.2) is 0 Å². The lowest BCUT2D eigenvalue weighted by molar-refractivity contribution is 0.239. The normalized spacial score (nSPS) is 13.9. The first-order chi connectivity index (χ1) is 15.1. The maximum Gasteiger partial charge on any atom is 0.314 e. The van der Waals surface area contributed by atoms with E-state index in [0.717, 1.165) is 18.5 Å². The Kier molecular flexibility index (Phi) is 5.89. The van der Waals surface area contributed by atoms with Gasteiger partial charge in [-0.25, -0.2) is 9.48 Å². The lowest BCUT2D eigenvalue weighted by atomic mass is 9.96. The van der Waals surface area contributed by atoms with E-state index in [4.69, 9.17) is 5.73 Å². The number of nitriles is 1. The first kappa shape index (κ1) is 20.5. The minimum atomic E-state index is -0.169. The lowest BCUT2D eigenvalue weighted by Crippen LogP contribution is -2.40. The van der Waals surface area contributed by atoms with Crippen LogP contribution < -0.4 is 16.4 Å². The molecule has 31 heavy (non-hydrogen) atoms. The summed E-state index contributed by atoms with van der Waals surface area (Å²) in [5, 5.41) is 19.9. The average Bonchev–Trinajstić information content (AvgIpc) is 3.54. The van der Waals surface area contributed by atoms with Crippen LogP contribution in [0.25, 0.3) is 5.69 Å². The van der Waals surface area contributed by atoms with Gasteiger partial charge in [-0.15, -0.1) is 0 Å². The zero-order valence-corrected chi connectivity index (χ0v) is 17.3. The molecular formula is C24H26N6O. The van der Waals surface area contributed by atoms with Crippen molar-refractivity contribution in [1.29, 1.82) is 5.26 Å². The number of nitrogens with two attached hydrogens (primary N) is 1. The number of rotatable bonds is 8. The smallest absolute Gasteiger partial charge is 0.314 e. The van der Waals surface area contributed by atoms with Crippen molar-refractivity contribution >= 4 is 11.8 Å². The Hall–Kier alpha value is -3.79. The van der Waals surface area contributed by atoms with E-state index in [2.05, 4.69) is 33.9 Å². The maximum absolute atomic E-state index is 12.2. The molecule has 0 atom stereocenters. The molecule has 1 aliphatic rings. The molecule has 0 radical (unpaired) electrons. The van der Waals surface area contributed by atoms with Crippen molar-refractivity contribution in [2.45, 2.75) is 31.1 Å². The fourth-order valence-electron chi connectivity index (χ4n) is 3.82. The van der Waals surface area contributed by atoms with Crippen LogP contribution in [0.3, 0.4) is 0 Å². The average molecular weight is 415 g/mol. The first-order valence-electron chi connectivity index (χ1n) is 10.5. The molecule has 7 nitrogen and oxygen atoms in total. The van der Waals surface area contributed by atoms with E-state index < -0.39 is 0 Å². The van der Waals surface area contributed by atoms with Crippen LogP contribution in [0.15, 0.2) is 60.7 Å². The quantitative estimate of drug-likeness (QED) is 0.491. The number of aromatic nitrogens is 2. The second-order valence-electron chi connectivity index (χ2n) is 7.93. The number of urea groups is 1. The predicted molar refractivity (Wildman–Crippen MR) is 120 cm³/mol. The van der Waals surface area contributed by atoms with Crippen molar-refractivity contribution in [3.8, 4) is 11.8 Å². The van der Waals surface area contributed by atoms with Gasteiger partial charge in [0, 0.05) is 18.5 Å². The van der Waals surface area contributed by atoms with Crippen molar-refractivity contribution in [3.05, 3.63) is 77.5 Å². The van der Waals surface area contributed by atoms with Crippen molar-refractivity contribution < 1.29 is 4.79 Å². The SMILES string of the molecule is N#Cc1c(CCCNC(=O)NCC2(c3ccccc3)CC2)nn(-c2ccccc2)c1N. The van der Waals surface area contributed by atoms with Gasteiger partial charge in [-0.05, 0) is 43.4 Å². The van der Waals surface area contributed by atoms with Gasteiger partial charge in [0.25, 0.3) is 0 Å². The van der Waals surface area contributed by atoms with Crippen LogP contribution in [0.4, 0.5) is 10.6 Å². The van der Waals surface area contributed by atoms with Crippen molar-refractivity contribution in [1.82, 2.24) is 20.4 Å². The first-order valence-corrected chi connectivity index (χ1v) is 10.5. The van der Waals surface area contributed by atoms with E-state index in [9.17, 15) is 10.1 Å². The van der Waals surface area contributed by atoms with E-state index in [1.165, 1.54) is 5.56 Å². The maximum atomic E-state index is 12.2. The molecule has 1 heterocycles. The number of carbonyl (C=O) groups is 1. The van der Waals surface area contributed by atoms with Crippen molar-refractivity contribution in [2.75, 3.05) is 18.8 Å². The number of carbonyl (C=O) groups excluding carboxylic acids is 1. The van der Waals surface area contributed by atoms with E-state index >= 15 is 0 Å². The summed E-state index contributed by atoms with van der Waals surface area (Å²) in [7, 11) is 0. The van der Waals surface area contributed by atoms with Crippen LogP contribution >= 0.6 is 0 Å². The summed E-state index contributed by atoms with van der Waals surface area (Å²) in [4.78, 5) is 12.2. The van der Waals surface area contributed by atoms with E-state index in [1.54, 1.807) is 4.68 Å². The number of hydrogen-bond acceptors (Lipinski definition) is 4. The third-order valence-corrected chi connectivity index (χ3v) is 5.81. The lowest BCUT2D eigenvalue weighted by Gasteiger charge is -2.16. The Morgan fingerprint density at radius 2 is 1.77 bits per heavy atom. The number of nitrogen functional groups attached to an aromatic ring is 1. The molecule has 158 valence electrons. The molecule has 1 aromatic heterocycles. The largest absolute Gasteiger partial charge is 0.382 e. The highest BCUT2D eigenvalue weighted by Gasteiger charge is 2.44. The molecule has 0 spiro atoms. The molecule has 1 saturated carbocycles. The molecule has 2 aromatic carbocycles. The zero-order valence-electron chi connectivity index (χ0n) is 17.3. The van der Waals surface area contributed by atoms with E-state index in [-0.39, 0.29) is 11.4 Å². The van der Waals surface area contributed by atoms with Crippen LogP contribution in [0, 0.1) is 11.3 Å². The third-order valence-electron chi connectivity index (χ3n) is 5.81. The molecule has 0 aliphatic heterocycles. The van der Waals surface area contributed by atoms with Crippen LogP contribution in [0.1, 0.15) is 36.1 Å². The Morgan fingerprint density at radius 3 is 2.42 bits per heavy atom. The molecule has 0 unspecified atom stereocenters. The highest BCUT2D eigenvalue weighted by molar-refractivity contribution is 5.74. The molecular weight excluding hydrogens is 388 g/mol. The number of anilines is 1. The second-order valence-corrected chi connectivity index (χ2v) is 7.93. The van der Waals surface area contributed by atoms with Gasteiger partial charge in [-0.1, -0.05) is 48.5 Å². The molecule has 0 saturated heterocycles. The third kappa shape index (κ3) is 4.53. The number of nitrogens with zero attached hydrogens (tertiary/aromatic N) is 3. The highest BCUT2D eigenvalue weighted by atomic mass is 16.2. The van der Waals surface area contributed by atoms with Crippen LogP contribution in [-0.2, 0) is 11.8 Å². The van der Waals surface area contributed by atoms with Gasteiger partial charge in [0.05, 0.1) is 11.4 Å². The zero-order chi connectivity index (χ0) is 21.7. The number of amides is 2. The summed E-state index contributed by atoms with van der Waals surface area (Å²) in [6, 6.07) is 21.8. The standard InChI is InChI=1S/C24H26N6O/c25-16-20-21(29-30(22(20)26)19-10-5-2-6-11-19)12-7-15-27-23(31)28-17-24(13-14-24)18-8-3-1-4-9-18/h1-6,8-11H,7,12-15,17,26H2,(H2,27,28,31). The van der Waals surface area contributed by atoms with Gasteiger partial charge >= 0.3 is 6.03 Å². The minimum absolute atomic E-state index is 0.0854. The molecule has 2 amide bonds. The number of para-hydroxylation sites is 1. The summed E-state index contributed by atoms with van der Waals surface area (Å²) in [6.45, 7) is 1.13. The van der Waals surface area contributed by atoms with E-state index in [1.807, 2.05) is 48.5 Å². The number of benzene rings is 2. The fraction of sp³-hybridized carbons (Fsp3) is 0.292. The van der Waals surface area contributed by atoms with Crippen molar-refractivity contribution in [2.24, 2.45) is 0 Å². The molecule has 7 heteroatoms. The Balaban J connectivity index is 1.26. The second kappa shape index (κ2) is 8.92. The van der Waals surface area contributed by atoms with Crippen LogP contribution in [0.5, 0.6) is 0 Å². The summed E-state index contributed by atoms with van der Waals surface area (Å²) in [6.07, 6.45) is 3.41. The Morgan fingerprint density at radius 1 is 1.10 bits per heavy atom. The summed E-state index contributed by atoms with van der Waals surface area (Å²) < 4.78 is 1.59. The van der Waals surface area contributed by atoms with Gasteiger partial charge in [-0.3, -0.25) is 0 Å². The molecule has 0 bridgehead atoms. The molecule has 4 rings (SSSR count). The predicted octanol–water partition coefficient (Wildman–Crippen LogP) is 3.29. The molecule has 1 fully saturated rings. The molecule has 3 aromatic rings. The van der Waals surface area contributed by atoms with Crippen LogP contribution in [-0.4, -0.2) is 28.9 Å². The molecule has 4 N–H and O–H groups in total. The van der Waals surface area contributed by atoms with E-state index in [0.29, 0.717) is 43.0 Å². The van der Waals surface area contributed by atoms with Gasteiger partial charge in [0.2, 0.25) is 0 Å². The summed E-state index contributed by atoms with van der Waals surface area (Å²) >= 11 is 0. The van der Waals surface area contributed by atoms with Gasteiger partial charge in [-0.2, -0.15) is 10.4 Å². The van der Waals surface area contributed by atoms with Crippen molar-refractivity contribution in [3.63, 3.8) is 0 Å². The Labute approximate surface area is 181 Å². The van der Waals surface area contributed by atoms with Gasteiger partial charge < -0.3 is 16.4 Å². The van der Waals surface area contributed by atoms with Gasteiger partial charge in [0.1, 0.15) is 17.5 Å². The Bertz CT molecular complexity index is 1080. The summed E-state index contributed by atoms with van der Waals surface area (Å²) in [5.74, 6) is 0.338. The molecule has 1 aliphatic carbocycles.